The van der Waals surface area contributed by atoms with Crippen LogP contribution in [-0.4, -0.2) is 28.0 Å². The second-order valence-corrected chi connectivity index (χ2v) is 6.35. The molecule has 1 aromatic carbocycles. The van der Waals surface area contributed by atoms with Gasteiger partial charge in [0, 0.05) is 15.6 Å². The SMILES string of the molecule is COS(=O)(=O)NC1OC(C)OC1c1c(Cl)cccc1Cl. The van der Waals surface area contributed by atoms with E-state index in [-0.39, 0.29) is 0 Å². The minimum atomic E-state index is -3.93. The van der Waals surface area contributed by atoms with Crippen molar-refractivity contribution in [1.82, 2.24) is 4.72 Å². The van der Waals surface area contributed by atoms with Crippen LogP contribution in [0.1, 0.15) is 18.6 Å². The van der Waals surface area contributed by atoms with Crippen LogP contribution in [0, 0.1) is 0 Å². The van der Waals surface area contributed by atoms with Crippen molar-refractivity contribution >= 4 is 33.5 Å². The predicted molar refractivity (Wildman–Crippen MR) is 73.7 cm³/mol. The molecule has 3 unspecified atom stereocenters. The van der Waals surface area contributed by atoms with Crippen molar-refractivity contribution in [2.45, 2.75) is 25.5 Å². The van der Waals surface area contributed by atoms with Crippen LogP contribution in [0.5, 0.6) is 0 Å². The van der Waals surface area contributed by atoms with Crippen LogP contribution in [0.25, 0.3) is 0 Å². The number of hydrogen-bond donors (Lipinski definition) is 1. The smallest absolute Gasteiger partial charge is 0.337 e. The molecule has 1 saturated heterocycles. The average Bonchev–Trinajstić information content (AvgIpc) is 2.69. The molecule has 0 aliphatic carbocycles. The van der Waals surface area contributed by atoms with Crippen molar-refractivity contribution in [2.24, 2.45) is 0 Å². The largest absolute Gasteiger partial charge is 0.341 e. The monoisotopic (exact) mass is 341 g/mol. The van der Waals surface area contributed by atoms with Crippen molar-refractivity contribution in [3.05, 3.63) is 33.8 Å². The summed E-state index contributed by atoms with van der Waals surface area (Å²) in [5.41, 5.74) is 0.462. The van der Waals surface area contributed by atoms with Crippen molar-refractivity contribution < 1.29 is 22.1 Å². The standard InChI is InChI=1S/C11H13Cl2NO5S/c1-6-18-10(9-7(12)4-3-5-8(9)13)11(19-6)14-20(15,16)17-2/h3-6,10-11,14H,1-2H3. The summed E-state index contributed by atoms with van der Waals surface area (Å²) in [6, 6.07) is 4.95. The lowest BCUT2D eigenvalue weighted by Gasteiger charge is -2.19. The van der Waals surface area contributed by atoms with Gasteiger partial charge >= 0.3 is 10.3 Å². The lowest BCUT2D eigenvalue weighted by atomic mass is 10.1. The summed E-state index contributed by atoms with van der Waals surface area (Å²) in [6.07, 6.45) is -2.36. The van der Waals surface area contributed by atoms with Gasteiger partial charge in [-0.15, -0.1) is 0 Å². The molecular formula is C11H13Cl2NO5S. The molecule has 1 N–H and O–H groups in total. The third kappa shape index (κ3) is 3.43. The highest BCUT2D eigenvalue weighted by atomic mass is 35.5. The molecule has 0 spiro atoms. The van der Waals surface area contributed by atoms with Crippen molar-refractivity contribution in [3.63, 3.8) is 0 Å². The lowest BCUT2D eigenvalue weighted by Crippen LogP contribution is -2.38. The van der Waals surface area contributed by atoms with E-state index >= 15 is 0 Å². The van der Waals surface area contributed by atoms with E-state index in [1.54, 1.807) is 25.1 Å². The molecule has 0 saturated carbocycles. The van der Waals surface area contributed by atoms with Crippen LogP contribution in [0.2, 0.25) is 10.0 Å². The van der Waals surface area contributed by atoms with E-state index in [0.29, 0.717) is 15.6 Å². The molecule has 6 nitrogen and oxygen atoms in total. The lowest BCUT2D eigenvalue weighted by molar-refractivity contribution is -0.0523. The van der Waals surface area contributed by atoms with E-state index in [9.17, 15) is 8.42 Å². The Balaban J connectivity index is 2.34. The molecule has 0 radical (unpaired) electrons. The Bertz CT molecular complexity index is 574. The second kappa shape index (κ2) is 6.15. The zero-order valence-electron chi connectivity index (χ0n) is 10.7. The average molecular weight is 342 g/mol. The molecule has 1 aromatic rings. The predicted octanol–water partition coefficient (Wildman–Crippen LogP) is 2.23. The van der Waals surface area contributed by atoms with E-state index in [1.165, 1.54) is 0 Å². The minimum absolute atomic E-state index is 0.363. The first-order valence-electron chi connectivity index (χ1n) is 5.67. The number of ether oxygens (including phenoxy) is 2. The molecule has 1 heterocycles. The molecule has 1 fully saturated rings. The normalized spacial score (nSPS) is 26.9. The molecule has 2 rings (SSSR count). The van der Waals surface area contributed by atoms with Crippen LogP contribution in [-0.2, 0) is 24.0 Å². The Labute approximate surface area is 127 Å². The highest BCUT2D eigenvalue weighted by Gasteiger charge is 2.39. The molecular weight excluding hydrogens is 329 g/mol. The number of benzene rings is 1. The zero-order chi connectivity index (χ0) is 14.9. The fraction of sp³-hybridized carbons (Fsp3) is 0.455. The van der Waals surface area contributed by atoms with Crippen LogP contribution in [0.4, 0.5) is 0 Å². The number of rotatable bonds is 4. The van der Waals surface area contributed by atoms with Crippen LogP contribution >= 0.6 is 23.2 Å². The fourth-order valence-corrected chi connectivity index (χ4v) is 3.04. The van der Waals surface area contributed by atoms with Crippen LogP contribution < -0.4 is 4.72 Å². The Morgan fingerprint density at radius 1 is 1.25 bits per heavy atom. The molecule has 0 aromatic heterocycles. The van der Waals surface area contributed by atoms with E-state index in [2.05, 4.69) is 8.91 Å². The second-order valence-electron chi connectivity index (χ2n) is 4.05. The summed E-state index contributed by atoms with van der Waals surface area (Å²) in [5.74, 6) is 0. The molecule has 9 heteroatoms. The summed E-state index contributed by atoms with van der Waals surface area (Å²) in [7, 11) is -2.89. The number of nitrogens with one attached hydrogen (secondary N) is 1. The van der Waals surface area contributed by atoms with Gasteiger partial charge in [0.15, 0.2) is 12.5 Å². The first-order chi connectivity index (χ1) is 9.34. The Hall–Kier alpha value is -0.410. The zero-order valence-corrected chi connectivity index (χ0v) is 13.0. The minimum Gasteiger partial charge on any atom is -0.341 e. The van der Waals surface area contributed by atoms with E-state index in [4.69, 9.17) is 32.7 Å². The quantitative estimate of drug-likeness (QED) is 0.908. The van der Waals surface area contributed by atoms with Gasteiger partial charge in [0.25, 0.3) is 0 Å². The van der Waals surface area contributed by atoms with Crippen molar-refractivity contribution in [3.8, 4) is 0 Å². The summed E-state index contributed by atoms with van der Waals surface area (Å²) in [4.78, 5) is 0. The van der Waals surface area contributed by atoms with Gasteiger partial charge in [0.2, 0.25) is 0 Å². The van der Waals surface area contributed by atoms with Gasteiger partial charge in [0.1, 0.15) is 6.10 Å². The van der Waals surface area contributed by atoms with Gasteiger partial charge < -0.3 is 9.47 Å². The summed E-state index contributed by atoms with van der Waals surface area (Å²) >= 11 is 12.2. The van der Waals surface area contributed by atoms with Gasteiger partial charge in [-0.3, -0.25) is 4.18 Å². The molecule has 1 aliphatic rings. The van der Waals surface area contributed by atoms with Gasteiger partial charge in [-0.05, 0) is 19.1 Å². The number of halogens is 2. The van der Waals surface area contributed by atoms with Crippen molar-refractivity contribution in [1.29, 1.82) is 0 Å². The van der Waals surface area contributed by atoms with Gasteiger partial charge in [-0.1, -0.05) is 29.3 Å². The summed E-state index contributed by atoms with van der Waals surface area (Å²) < 4.78 is 40.4. The molecule has 0 amide bonds. The molecule has 1 aliphatic heterocycles. The highest BCUT2D eigenvalue weighted by molar-refractivity contribution is 7.84. The Morgan fingerprint density at radius 2 is 1.85 bits per heavy atom. The molecule has 112 valence electrons. The number of hydrogen-bond acceptors (Lipinski definition) is 5. The third-order valence-electron chi connectivity index (χ3n) is 2.72. The van der Waals surface area contributed by atoms with Crippen molar-refractivity contribution in [2.75, 3.05) is 7.11 Å². The van der Waals surface area contributed by atoms with Crippen LogP contribution in [0.3, 0.4) is 0 Å². The first kappa shape index (κ1) is 16.0. The van der Waals surface area contributed by atoms with E-state index in [0.717, 1.165) is 7.11 Å². The molecule has 3 atom stereocenters. The maximum absolute atomic E-state index is 11.5. The molecule has 0 bridgehead atoms. The maximum atomic E-state index is 11.5. The Kier molecular flexibility index (Phi) is 4.91. The van der Waals surface area contributed by atoms with Gasteiger partial charge in [-0.2, -0.15) is 13.1 Å². The fourth-order valence-electron chi connectivity index (χ4n) is 1.87. The van der Waals surface area contributed by atoms with Crippen LogP contribution in [0.15, 0.2) is 18.2 Å². The summed E-state index contributed by atoms with van der Waals surface area (Å²) in [5, 5.41) is 0.726. The Morgan fingerprint density at radius 3 is 2.40 bits per heavy atom. The van der Waals surface area contributed by atoms with Gasteiger partial charge in [-0.25, -0.2) is 0 Å². The first-order valence-corrected chi connectivity index (χ1v) is 7.83. The molecule has 20 heavy (non-hydrogen) atoms. The highest BCUT2D eigenvalue weighted by Crippen LogP contribution is 2.39. The topological polar surface area (TPSA) is 73.9 Å². The van der Waals surface area contributed by atoms with E-state index < -0.39 is 28.9 Å². The third-order valence-corrected chi connectivity index (χ3v) is 4.33. The van der Waals surface area contributed by atoms with E-state index in [1.807, 2.05) is 0 Å². The van der Waals surface area contributed by atoms with Gasteiger partial charge in [0.05, 0.1) is 7.11 Å². The summed E-state index contributed by atoms with van der Waals surface area (Å²) in [6.45, 7) is 1.64. The maximum Gasteiger partial charge on any atom is 0.337 e.